The van der Waals surface area contributed by atoms with E-state index in [1.807, 2.05) is 37.3 Å². The molecular weight excluding hydrogens is 400 g/mol. The van der Waals surface area contributed by atoms with Crippen LogP contribution in [0.1, 0.15) is 50.5 Å². The van der Waals surface area contributed by atoms with Gasteiger partial charge in [0.1, 0.15) is 5.75 Å². The summed E-state index contributed by atoms with van der Waals surface area (Å²) in [5.41, 5.74) is 4.05. The second-order valence-corrected chi connectivity index (χ2v) is 8.95. The number of nitrogens with one attached hydrogen (secondary N) is 3. The highest BCUT2D eigenvalue weighted by molar-refractivity contribution is 6.01. The number of aromatic nitrogens is 1. The minimum Gasteiger partial charge on any atom is -0.494 e. The highest BCUT2D eigenvalue weighted by Gasteiger charge is 2.31. The predicted octanol–water partition coefficient (Wildman–Crippen LogP) is 5.94. The van der Waals surface area contributed by atoms with Gasteiger partial charge >= 0.3 is 6.03 Å². The average molecular weight is 433 g/mol. The number of nitrogens with zero attached hydrogens (tertiary/aromatic N) is 1. The number of amides is 2. The highest BCUT2D eigenvalue weighted by Crippen LogP contribution is 2.38. The van der Waals surface area contributed by atoms with Gasteiger partial charge in [-0.05, 0) is 99.6 Å². The van der Waals surface area contributed by atoms with Crippen LogP contribution in [0.2, 0.25) is 0 Å². The first-order chi connectivity index (χ1) is 15.7. The van der Waals surface area contributed by atoms with Gasteiger partial charge in [-0.15, -0.1) is 0 Å². The van der Waals surface area contributed by atoms with Gasteiger partial charge in [-0.25, -0.2) is 4.79 Å². The van der Waals surface area contributed by atoms with Gasteiger partial charge in [0, 0.05) is 34.5 Å². The third-order valence-electron chi connectivity index (χ3n) is 6.91. The Morgan fingerprint density at radius 2 is 1.88 bits per heavy atom. The first-order valence-electron chi connectivity index (χ1n) is 11.9. The summed E-state index contributed by atoms with van der Waals surface area (Å²) < 4.78 is 5.45. The molecular formula is C26H32N4O2. The molecule has 2 unspecified atom stereocenters. The minimum atomic E-state index is -0.249. The van der Waals surface area contributed by atoms with Crippen LogP contribution in [0.5, 0.6) is 5.75 Å². The van der Waals surface area contributed by atoms with E-state index in [-0.39, 0.29) is 6.03 Å². The number of ether oxygens (including phenoxy) is 1. The fourth-order valence-electron chi connectivity index (χ4n) is 5.32. The van der Waals surface area contributed by atoms with E-state index in [2.05, 4.69) is 38.8 Å². The molecule has 2 amide bonds. The molecule has 0 spiro atoms. The molecule has 32 heavy (non-hydrogen) atoms. The van der Waals surface area contributed by atoms with Crippen LogP contribution >= 0.6 is 0 Å². The molecule has 6 heteroatoms. The number of hydrogen-bond acceptors (Lipinski definition) is 3. The van der Waals surface area contributed by atoms with Crippen molar-refractivity contribution in [3.05, 3.63) is 54.2 Å². The smallest absolute Gasteiger partial charge is 0.323 e. The normalized spacial score (nSPS) is 21.2. The molecule has 1 aromatic heterocycles. The van der Waals surface area contributed by atoms with Crippen LogP contribution in [0, 0.1) is 0 Å². The summed E-state index contributed by atoms with van der Waals surface area (Å²) in [5, 5.41) is 7.10. The van der Waals surface area contributed by atoms with E-state index in [4.69, 9.17) is 4.74 Å². The number of fused-ring (bicyclic) bond motifs is 2. The summed E-state index contributed by atoms with van der Waals surface area (Å²) in [6, 6.07) is 14.0. The molecule has 3 N–H and O–H groups in total. The number of carbonyl (C=O) groups is 1. The Bertz CT molecular complexity index is 1080. The maximum Gasteiger partial charge on any atom is 0.323 e. The fourth-order valence-corrected chi connectivity index (χ4v) is 5.32. The standard InChI is InChI=1S/C26H32N4O2/c1-2-32-22-9-6-19(7-10-22)28-26(31)29-20-8-11-25-23(16-20)24(17-27-25)18-12-14-30-13-4-3-5-21(30)15-18/h6-11,16-18,21,27H,2-5,12-15H2,1H3,(H2,28,29,31). The van der Waals surface area contributed by atoms with Gasteiger partial charge in [-0.1, -0.05) is 6.42 Å². The van der Waals surface area contributed by atoms with Gasteiger partial charge < -0.3 is 25.3 Å². The van der Waals surface area contributed by atoms with E-state index >= 15 is 0 Å². The van der Waals surface area contributed by atoms with Crippen LogP contribution in [-0.4, -0.2) is 41.7 Å². The number of urea groups is 1. The number of H-pyrrole nitrogens is 1. The molecule has 2 aliphatic rings. The van der Waals surface area contributed by atoms with E-state index in [0.29, 0.717) is 12.5 Å². The van der Waals surface area contributed by atoms with Crippen LogP contribution in [0.15, 0.2) is 48.7 Å². The maximum absolute atomic E-state index is 12.5. The van der Waals surface area contributed by atoms with Gasteiger partial charge in [0.15, 0.2) is 0 Å². The summed E-state index contributed by atoms with van der Waals surface area (Å²) in [5.74, 6) is 1.37. The molecule has 2 atom stereocenters. The Labute approximate surface area is 189 Å². The van der Waals surface area contributed by atoms with Crippen LogP contribution in [0.3, 0.4) is 0 Å². The van der Waals surface area contributed by atoms with Crippen molar-refractivity contribution >= 4 is 28.3 Å². The number of carbonyl (C=O) groups excluding carboxylic acids is 1. The molecule has 3 heterocycles. The molecule has 5 rings (SSSR count). The largest absolute Gasteiger partial charge is 0.494 e. The van der Waals surface area contributed by atoms with E-state index < -0.39 is 0 Å². The quantitative estimate of drug-likeness (QED) is 0.467. The van der Waals surface area contributed by atoms with Gasteiger partial charge in [0.05, 0.1) is 6.61 Å². The van der Waals surface area contributed by atoms with Crippen LogP contribution < -0.4 is 15.4 Å². The Hall–Kier alpha value is -2.99. The van der Waals surface area contributed by atoms with Crippen molar-refractivity contribution in [2.45, 2.75) is 51.0 Å². The van der Waals surface area contributed by atoms with Crippen molar-refractivity contribution in [1.29, 1.82) is 0 Å². The van der Waals surface area contributed by atoms with Crippen LogP contribution in [0.4, 0.5) is 16.2 Å². The molecule has 2 fully saturated rings. The number of anilines is 2. The molecule has 2 saturated heterocycles. The Morgan fingerprint density at radius 1 is 1.06 bits per heavy atom. The molecule has 3 aromatic rings. The van der Waals surface area contributed by atoms with Gasteiger partial charge in [0.2, 0.25) is 0 Å². The van der Waals surface area contributed by atoms with Crippen molar-refractivity contribution < 1.29 is 9.53 Å². The van der Waals surface area contributed by atoms with Gasteiger partial charge in [-0.3, -0.25) is 0 Å². The molecule has 2 aromatic carbocycles. The minimum absolute atomic E-state index is 0.249. The van der Waals surface area contributed by atoms with Crippen molar-refractivity contribution in [2.75, 3.05) is 30.3 Å². The summed E-state index contributed by atoms with van der Waals surface area (Å²) >= 11 is 0. The van der Waals surface area contributed by atoms with Crippen molar-refractivity contribution in [3.8, 4) is 5.75 Å². The lowest BCUT2D eigenvalue weighted by Gasteiger charge is -2.42. The van der Waals surface area contributed by atoms with Crippen molar-refractivity contribution in [3.63, 3.8) is 0 Å². The van der Waals surface area contributed by atoms with E-state index in [0.717, 1.165) is 28.7 Å². The van der Waals surface area contributed by atoms with Crippen molar-refractivity contribution in [1.82, 2.24) is 9.88 Å². The van der Waals surface area contributed by atoms with Gasteiger partial charge in [0.25, 0.3) is 0 Å². The first-order valence-corrected chi connectivity index (χ1v) is 11.9. The molecule has 168 valence electrons. The van der Waals surface area contributed by atoms with E-state index in [9.17, 15) is 4.79 Å². The number of piperidine rings is 2. The molecule has 0 bridgehead atoms. The van der Waals surface area contributed by atoms with Crippen molar-refractivity contribution in [2.24, 2.45) is 0 Å². The zero-order chi connectivity index (χ0) is 21.9. The Morgan fingerprint density at radius 3 is 2.72 bits per heavy atom. The molecule has 0 radical (unpaired) electrons. The van der Waals surface area contributed by atoms with E-state index in [1.54, 1.807) is 0 Å². The monoisotopic (exact) mass is 432 g/mol. The summed E-state index contributed by atoms with van der Waals surface area (Å²) in [6.45, 7) is 5.04. The third kappa shape index (κ3) is 4.46. The lowest BCUT2D eigenvalue weighted by molar-refractivity contribution is 0.0977. The number of rotatable bonds is 5. The Balaban J connectivity index is 1.27. The molecule has 0 aliphatic carbocycles. The highest BCUT2D eigenvalue weighted by atomic mass is 16.5. The second kappa shape index (κ2) is 9.25. The van der Waals surface area contributed by atoms with E-state index in [1.165, 1.54) is 56.1 Å². The zero-order valence-corrected chi connectivity index (χ0v) is 18.7. The predicted molar refractivity (Wildman–Crippen MR) is 130 cm³/mol. The maximum atomic E-state index is 12.5. The third-order valence-corrected chi connectivity index (χ3v) is 6.91. The van der Waals surface area contributed by atoms with Crippen LogP contribution in [-0.2, 0) is 0 Å². The second-order valence-electron chi connectivity index (χ2n) is 8.95. The number of hydrogen-bond donors (Lipinski definition) is 3. The summed E-state index contributed by atoms with van der Waals surface area (Å²) in [7, 11) is 0. The number of aromatic amines is 1. The zero-order valence-electron chi connectivity index (χ0n) is 18.7. The fraction of sp³-hybridized carbons (Fsp3) is 0.423. The topological polar surface area (TPSA) is 69.4 Å². The lowest BCUT2D eigenvalue weighted by Crippen LogP contribution is -2.44. The van der Waals surface area contributed by atoms with Crippen LogP contribution in [0.25, 0.3) is 10.9 Å². The molecule has 2 aliphatic heterocycles. The number of benzene rings is 2. The SMILES string of the molecule is CCOc1ccc(NC(=O)Nc2ccc3[nH]cc(C4CCN5CCCCC5C4)c3c2)cc1. The average Bonchev–Trinajstić information content (AvgIpc) is 3.23. The Kier molecular flexibility index (Phi) is 6.04. The molecule has 0 saturated carbocycles. The lowest BCUT2D eigenvalue weighted by atomic mass is 9.82. The summed E-state index contributed by atoms with van der Waals surface area (Å²) in [6.07, 6.45) is 8.67. The summed E-state index contributed by atoms with van der Waals surface area (Å²) in [4.78, 5) is 18.7. The van der Waals surface area contributed by atoms with Gasteiger partial charge in [-0.2, -0.15) is 0 Å². The first kappa shape index (κ1) is 20.9. The molecule has 6 nitrogen and oxygen atoms in total.